The molecule has 6 heteroatoms. The highest BCUT2D eigenvalue weighted by Gasteiger charge is 2.07. The van der Waals surface area contributed by atoms with Crippen molar-refractivity contribution in [1.82, 2.24) is 11.5 Å². The molecule has 8 N–H and O–H groups in total. The van der Waals surface area contributed by atoms with Crippen LogP contribution in [0.5, 0.6) is 0 Å². The van der Waals surface area contributed by atoms with Gasteiger partial charge in [0.05, 0.1) is 6.54 Å². The molecule has 1 atom stereocenters. The molecule has 0 fully saturated rings. The third-order valence-electron chi connectivity index (χ3n) is 1.30. The summed E-state index contributed by atoms with van der Waals surface area (Å²) in [7, 11) is 1.67. The Bertz CT molecular complexity index is 132. The van der Waals surface area contributed by atoms with Gasteiger partial charge in [0.1, 0.15) is 0 Å². The van der Waals surface area contributed by atoms with Crippen molar-refractivity contribution in [3.63, 3.8) is 0 Å². The summed E-state index contributed by atoms with van der Waals surface area (Å²) in [4.78, 5) is 10.8. The molecule has 0 aromatic carbocycles. The van der Waals surface area contributed by atoms with E-state index in [0.29, 0.717) is 13.0 Å². The van der Waals surface area contributed by atoms with Gasteiger partial charge in [-0.1, -0.05) is 0 Å². The molecular formula is C7H20N4O2. The highest BCUT2D eigenvalue weighted by atomic mass is 16.6. The Hall–Kier alpha value is -0.690. The normalized spacial score (nSPS) is 11.6. The van der Waals surface area contributed by atoms with Gasteiger partial charge in [0.25, 0.3) is 0 Å². The van der Waals surface area contributed by atoms with E-state index in [1.54, 1.807) is 7.05 Å². The quantitative estimate of drug-likeness (QED) is 0.314. The summed E-state index contributed by atoms with van der Waals surface area (Å²) in [6.07, 6.45) is 0.870. The SMILES string of the molecule is CNCC(=O)OC(N)CCCN.N. The minimum Gasteiger partial charge on any atom is -0.446 e. The van der Waals surface area contributed by atoms with Crippen LogP contribution < -0.4 is 22.9 Å². The first-order valence-corrected chi connectivity index (χ1v) is 4.00. The molecule has 0 saturated heterocycles. The lowest BCUT2D eigenvalue weighted by Gasteiger charge is -2.11. The molecule has 0 rings (SSSR count). The smallest absolute Gasteiger partial charge is 0.321 e. The van der Waals surface area contributed by atoms with Crippen molar-refractivity contribution in [3.05, 3.63) is 0 Å². The predicted molar refractivity (Wildman–Crippen MR) is 51.3 cm³/mol. The Labute approximate surface area is 78.6 Å². The second-order valence-electron chi connectivity index (χ2n) is 2.49. The number of rotatable bonds is 6. The Balaban J connectivity index is 0. The van der Waals surface area contributed by atoms with Crippen LogP contribution in [0.2, 0.25) is 0 Å². The van der Waals surface area contributed by atoms with E-state index in [4.69, 9.17) is 16.2 Å². The Kier molecular flexibility index (Phi) is 10.7. The largest absolute Gasteiger partial charge is 0.446 e. The van der Waals surface area contributed by atoms with E-state index in [9.17, 15) is 4.79 Å². The molecule has 0 aliphatic heterocycles. The van der Waals surface area contributed by atoms with E-state index in [-0.39, 0.29) is 18.7 Å². The average molecular weight is 192 g/mol. The van der Waals surface area contributed by atoms with Crippen LogP contribution >= 0.6 is 0 Å². The first-order valence-electron chi connectivity index (χ1n) is 4.00. The van der Waals surface area contributed by atoms with Gasteiger partial charge in [0.15, 0.2) is 6.23 Å². The fourth-order valence-electron chi connectivity index (χ4n) is 0.733. The Morgan fingerprint density at radius 1 is 1.62 bits per heavy atom. The Morgan fingerprint density at radius 2 is 2.23 bits per heavy atom. The monoisotopic (exact) mass is 192 g/mol. The van der Waals surface area contributed by atoms with Gasteiger partial charge in [-0.3, -0.25) is 10.5 Å². The highest BCUT2D eigenvalue weighted by molar-refractivity contribution is 5.71. The van der Waals surface area contributed by atoms with Gasteiger partial charge in [-0.15, -0.1) is 0 Å². The summed E-state index contributed by atoms with van der Waals surface area (Å²) in [5.41, 5.74) is 10.7. The molecule has 0 aliphatic carbocycles. The van der Waals surface area contributed by atoms with E-state index in [1.807, 2.05) is 0 Å². The van der Waals surface area contributed by atoms with Gasteiger partial charge < -0.3 is 21.9 Å². The molecule has 0 amide bonds. The van der Waals surface area contributed by atoms with Gasteiger partial charge in [-0.05, 0) is 26.4 Å². The highest BCUT2D eigenvalue weighted by Crippen LogP contribution is 1.94. The van der Waals surface area contributed by atoms with Crippen LogP contribution in [-0.4, -0.2) is 32.3 Å². The number of hydrogen-bond donors (Lipinski definition) is 4. The predicted octanol–water partition coefficient (Wildman–Crippen LogP) is -1.07. The molecular weight excluding hydrogens is 172 g/mol. The number of nitrogens with two attached hydrogens (primary N) is 2. The van der Waals surface area contributed by atoms with Crippen LogP contribution in [0, 0.1) is 0 Å². The molecule has 0 aliphatic rings. The van der Waals surface area contributed by atoms with E-state index >= 15 is 0 Å². The topological polar surface area (TPSA) is 125 Å². The molecule has 80 valence electrons. The molecule has 0 aromatic rings. The second-order valence-corrected chi connectivity index (χ2v) is 2.49. The number of esters is 1. The zero-order valence-electron chi connectivity index (χ0n) is 8.08. The Morgan fingerprint density at radius 3 is 2.69 bits per heavy atom. The zero-order chi connectivity index (χ0) is 9.40. The number of carbonyl (C=O) groups is 1. The lowest BCUT2D eigenvalue weighted by atomic mass is 10.3. The average Bonchev–Trinajstić information content (AvgIpc) is 2.01. The summed E-state index contributed by atoms with van der Waals surface area (Å²) in [6.45, 7) is 0.758. The molecule has 0 heterocycles. The molecule has 0 spiro atoms. The minimum absolute atomic E-state index is 0. The zero-order valence-corrected chi connectivity index (χ0v) is 8.08. The molecule has 6 nitrogen and oxygen atoms in total. The molecule has 0 aromatic heterocycles. The third kappa shape index (κ3) is 9.22. The first kappa shape index (κ1) is 14.8. The summed E-state index contributed by atoms with van der Waals surface area (Å²) in [6, 6.07) is 0. The van der Waals surface area contributed by atoms with Crippen molar-refractivity contribution in [2.75, 3.05) is 20.1 Å². The number of likely N-dealkylation sites (N-methyl/N-ethyl adjacent to an activating group) is 1. The molecule has 13 heavy (non-hydrogen) atoms. The fraction of sp³-hybridized carbons (Fsp3) is 0.857. The maximum Gasteiger partial charge on any atom is 0.321 e. The van der Waals surface area contributed by atoms with Crippen LogP contribution in [0.25, 0.3) is 0 Å². The number of hydrogen-bond acceptors (Lipinski definition) is 6. The maximum absolute atomic E-state index is 10.8. The summed E-state index contributed by atoms with van der Waals surface area (Å²) >= 11 is 0. The first-order chi connectivity index (χ1) is 5.70. The number of carbonyl (C=O) groups excluding carboxylic acids is 1. The van der Waals surface area contributed by atoms with Gasteiger partial charge in [0.2, 0.25) is 0 Å². The standard InChI is InChI=1S/C7H17N3O2.H3N/c1-10-5-7(11)12-6(9)3-2-4-8;/h6,10H,2-5,8-9H2,1H3;1H3. The van der Waals surface area contributed by atoms with Gasteiger partial charge in [-0.2, -0.15) is 0 Å². The van der Waals surface area contributed by atoms with Crippen molar-refractivity contribution in [2.45, 2.75) is 19.1 Å². The lowest BCUT2D eigenvalue weighted by molar-refractivity contribution is -0.147. The number of ether oxygens (including phenoxy) is 1. The van der Waals surface area contributed by atoms with Crippen molar-refractivity contribution < 1.29 is 9.53 Å². The second kappa shape index (κ2) is 9.40. The van der Waals surface area contributed by atoms with E-state index in [1.165, 1.54) is 0 Å². The summed E-state index contributed by atoms with van der Waals surface area (Å²) < 4.78 is 4.81. The van der Waals surface area contributed by atoms with E-state index in [2.05, 4.69) is 5.32 Å². The van der Waals surface area contributed by atoms with Crippen LogP contribution in [-0.2, 0) is 9.53 Å². The van der Waals surface area contributed by atoms with Crippen LogP contribution in [0.4, 0.5) is 0 Å². The van der Waals surface area contributed by atoms with Crippen LogP contribution in [0.1, 0.15) is 12.8 Å². The molecule has 0 bridgehead atoms. The molecule has 1 unspecified atom stereocenters. The van der Waals surface area contributed by atoms with Crippen molar-refractivity contribution in [2.24, 2.45) is 11.5 Å². The van der Waals surface area contributed by atoms with Gasteiger partial charge in [0, 0.05) is 0 Å². The summed E-state index contributed by atoms with van der Waals surface area (Å²) in [5, 5.41) is 2.67. The van der Waals surface area contributed by atoms with Crippen molar-refractivity contribution in [1.29, 1.82) is 0 Å². The molecule has 0 radical (unpaired) electrons. The lowest BCUT2D eigenvalue weighted by Crippen LogP contribution is -2.31. The number of nitrogens with one attached hydrogen (secondary N) is 1. The van der Waals surface area contributed by atoms with Crippen LogP contribution in [0.3, 0.4) is 0 Å². The maximum atomic E-state index is 10.8. The van der Waals surface area contributed by atoms with Crippen LogP contribution in [0.15, 0.2) is 0 Å². The van der Waals surface area contributed by atoms with Gasteiger partial charge in [-0.25, -0.2) is 0 Å². The fourth-order valence-corrected chi connectivity index (χ4v) is 0.733. The summed E-state index contributed by atoms with van der Waals surface area (Å²) in [5.74, 6) is -0.331. The third-order valence-corrected chi connectivity index (χ3v) is 1.30. The van der Waals surface area contributed by atoms with Crippen molar-refractivity contribution in [3.8, 4) is 0 Å². The van der Waals surface area contributed by atoms with E-state index in [0.717, 1.165) is 6.42 Å². The van der Waals surface area contributed by atoms with Gasteiger partial charge >= 0.3 is 5.97 Å². The minimum atomic E-state index is -0.519. The van der Waals surface area contributed by atoms with Crippen molar-refractivity contribution >= 4 is 5.97 Å². The molecule has 0 saturated carbocycles. The van der Waals surface area contributed by atoms with E-state index < -0.39 is 6.23 Å².